The average Bonchev–Trinajstić information content (AvgIpc) is 3.15. The van der Waals surface area contributed by atoms with E-state index < -0.39 is 0 Å². The first-order valence-electron chi connectivity index (χ1n) is 9.46. The first-order chi connectivity index (χ1) is 13.4. The van der Waals surface area contributed by atoms with E-state index >= 15 is 0 Å². The number of piperazine rings is 1. The minimum Gasteiger partial charge on any atom is -0.350 e. The molecule has 0 aliphatic carbocycles. The van der Waals surface area contributed by atoms with Gasteiger partial charge in [0.1, 0.15) is 12.2 Å². The van der Waals surface area contributed by atoms with Gasteiger partial charge in [-0.05, 0) is 24.6 Å². The third-order valence-corrected chi connectivity index (χ3v) is 4.99. The van der Waals surface area contributed by atoms with Crippen LogP contribution in [0.15, 0.2) is 42.6 Å². The van der Waals surface area contributed by atoms with Gasteiger partial charge in [-0.1, -0.05) is 29.8 Å². The summed E-state index contributed by atoms with van der Waals surface area (Å²) in [6.07, 6.45) is 1.74. The van der Waals surface area contributed by atoms with Crippen LogP contribution in [0, 0.1) is 6.92 Å². The molecule has 0 saturated carbocycles. The summed E-state index contributed by atoms with van der Waals surface area (Å²) >= 11 is 0. The second-order valence-electron chi connectivity index (χ2n) is 7.08. The first-order valence-corrected chi connectivity index (χ1v) is 9.46. The normalized spacial score (nSPS) is 14.1. The first kappa shape index (κ1) is 19.7. The van der Waals surface area contributed by atoms with Crippen LogP contribution in [0.3, 0.4) is 0 Å². The second kappa shape index (κ2) is 8.73. The fourth-order valence-corrected chi connectivity index (χ4v) is 3.25. The third kappa shape index (κ3) is 4.79. The summed E-state index contributed by atoms with van der Waals surface area (Å²) in [5.41, 5.74) is 2.70. The Labute approximate surface area is 164 Å². The lowest BCUT2D eigenvalue weighted by Gasteiger charge is -2.34. The number of carbonyl (C=O) groups is 3. The molecule has 1 aromatic heterocycles. The fourth-order valence-electron chi connectivity index (χ4n) is 3.25. The number of carbonyl (C=O) groups excluding carboxylic acids is 3. The van der Waals surface area contributed by atoms with Gasteiger partial charge in [0.15, 0.2) is 0 Å². The topological polar surface area (TPSA) is 74.7 Å². The maximum Gasteiger partial charge on any atom is 0.270 e. The molecule has 3 amide bonds. The van der Waals surface area contributed by atoms with E-state index in [1.54, 1.807) is 32.7 Å². The van der Waals surface area contributed by atoms with Crippen molar-refractivity contribution < 1.29 is 14.4 Å². The summed E-state index contributed by atoms with van der Waals surface area (Å²) < 4.78 is 1.67. The maximum absolute atomic E-state index is 12.8. The van der Waals surface area contributed by atoms with Crippen molar-refractivity contribution >= 4 is 17.7 Å². The minimum absolute atomic E-state index is 0.0284. The van der Waals surface area contributed by atoms with Crippen molar-refractivity contribution in [3.8, 4) is 0 Å². The number of nitrogens with zero attached hydrogens (tertiary/aromatic N) is 3. The zero-order valence-corrected chi connectivity index (χ0v) is 16.4. The summed E-state index contributed by atoms with van der Waals surface area (Å²) in [5, 5.41) is 2.89. The molecule has 7 heteroatoms. The Hall–Kier alpha value is -3.09. The molecule has 0 spiro atoms. The molecule has 1 aliphatic rings. The van der Waals surface area contributed by atoms with Crippen LogP contribution in [0.25, 0.3) is 0 Å². The summed E-state index contributed by atoms with van der Waals surface area (Å²) in [4.78, 5) is 40.0. The zero-order valence-electron chi connectivity index (χ0n) is 16.4. The molecule has 0 bridgehead atoms. The van der Waals surface area contributed by atoms with Gasteiger partial charge in [-0.15, -0.1) is 0 Å². The van der Waals surface area contributed by atoms with E-state index in [0.717, 1.165) is 5.56 Å². The average molecular weight is 382 g/mol. The Morgan fingerprint density at radius 3 is 2.25 bits per heavy atom. The lowest BCUT2D eigenvalue weighted by atomic mass is 10.1. The molecule has 28 heavy (non-hydrogen) atoms. The van der Waals surface area contributed by atoms with E-state index in [0.29, 0.717) is 38.4 Å². The highest BCUT2D eigenvalue weighted by atomic mass is 16.2. The molecule has 2 aromatic rings. The van der Waals surface area contributed by atoms with Crippen LogP contribution in [-0.4, -0.2) is 58.3 Å². The zero-order chi connectivity index (χ0) is 20.1. The third-order valence-electron chi connectivity index (χ3n) is 4.99. The summed E-state index contributed by atoms with van der Waals surface area (Å²) in [6, 6.07) is 11.5. The molecule has 148 valence electrons. The smallest absolute Gasteiger partial charge is 0.270 e. The van der Waals surface area contributed by atoms with Crippen molar-refractivity contribution in [1.82, 2.24) is 19.7 Å². The van der Waals surface area contributed by atoms with Crippen LogP contribution in [0.2, 0.25) is 0 Å². The molecule has 3 rings (SSSR count). The van der Waals surface area contributed by atoms with E-state index in [2.05, 4.69) is 5.32 Å². The van der Waals surface area contributed by atoms with E-state index in [-0.39, 0.29) is 24.3 Å². The molecule has 7 nitrogen and oxygen atoms in total. The molecule has 1 N–H and O–H groups in total. The highest BCUT2D eigenvalue weighted by molar-refractivity contribution is 5.93. The van der Waals surface area contributed by atoms with Crippen LogP contribution in [0.4, 0.5) is 0 Å². The molecular weight excluding hydrogens is 356 g/mol. The number of hydrogen-bond donors (Lipinski definition) is 1. The highest BCUT2D eigenvalue weighted by Gasteiger charge is 2.25. The lowest BCUT2D eigenvalue weighted by Crippen LogP contribution is -2.50. The van der Waals surface area contributed by atoms with Crippen molar-refractivity contribution in [3.05, 3.63) is 59.4 Å². The van der Waals surface area contributed by atoms with Crippen LogP contribution in [-0.2, 0) is 22.7 Å². The number of nitrogens with one attached hydrogen (secondary N) is 1. The molecular formula is C21H26N4O3. The Kier molecular flexibility index (Phi) is 6.13. The predicted octanol–water partition coefficient (Wildman–Crippen LogP) is 1.42. The molecule has 1 fully saturated rings. The monoisotopic (exact) mass is 382 g/mol. The standard InChI is InChI=1S/C21H26N4O3/c1-16-5-7-18(8-6-16)14-22-20(27)15-25-9-3-4-19(25)21(28)24-12-10-23(11-13-24)17(2)26/h3-9H,10-15H2,1-2H3,(H,22,27). The van der Waals surface area contributed by atoms with Crippen molar-refractivity contribution in [2.24, 2.45) is 0 Å². The quantitative estimate of drug-likeness (QED) is 0.850. The number of benzene rings is 1. The predicted molar refractivity (Wildman–Crippen MR) is 106 cm³/mol. The highest BCUT2D eigenvalue weighted by Crippen LogP contribution is 2.11. The summed E-state index contributed by atoms with van der Waals surface area (Å²) in [7, 11) is 0. The van der Waals surface area contributed by atoms with Gasteiger partial charge in [0.2, 0.25) is 11.8 Å². The fraction of sp³-hybridized carbons (Fsp3) is 0.381. The van der Waals surface area contributed by atoms with Crippen molar-refractivity contribution in [2.75, 3.05) is 26.2 Å². The SMILES string of the molecule is CC(=O)N1CCN(C(=O)c2cccn2CC(=O)NCc2ccc(C)cc2)CC1. The second-order valence-corrected chi connectivity index (χ2v) is 7.08. The van der Waals surface area contributed by atoms with Gasteiger partial charge in [0, 0.05) is 45.8 Å². The lowest BCUT2D eigenvalue weighted by molar-refractivity contribution is -0.130. The number of hydrogen-bond acceptors (Lipinski definition) is 3. The van der Waals surface area contributed by atoms with Crippen molar-refractivity contribution in [2.45, 2.75) is 26.9 Å². The van der Waals surface area contributed by atoms with Crippen molar-refractivity contribution in [3.63, 3.8) is 0 Å². The molecule has 1 aromatic carbocycles. The van der Waals surface area contributed by atoms with E-state index in [9.17, 15) is 14.4 Å². The Morgan fingerprint density at radius 2 is 1.61 bits per heavy atom. The Bertz CT molecular complexity index is 849. The van der Waals surface area contributed by atoms with Gasteiger partial charge in [-0.25, -0.2) is 0 Å². The molecule has 1 saturated heterocycles. The largest absolute Gasteiger partial charge is 0.350 e. The summed E-state index contributed by atoms with van der Waals surface area (Å²) in [5.74, 6) is -0.229. The number of rotatable bonds is 5. The molecule has 0 unspecified atom stereocenters. The van der Waals surface area contributed by atoms with Crippen LogP contribution < -0.4 is 5.32 Å². The van der Waals surface area contributed by atoms with Gasteiger partial charge in [-0.2, -0.15) is 0 Å². The molecule has 1 aliphatic heterocycles. The van der Waals surface area contributed by atoms with Crippen molar-refractivity contribution in [1.29, 1.82) is 0 Å². The minimum atomic E-state index is -0.146. The summed E-state index contributed by atoms with van der Waals surface area (Å²) in [6.45, 7) is 6.19. The molecule has 0 atom stereocenters. The Morgan fingerprint density at radius 1 is 0.964 bits per heavy atom. The van der Waals surface area contributed by atoms with Gasteiger partial charge in [0.05, 0.1) is 0 Å². The van der Waals surface area contributed by atoms with E-state index in [4.69, 9.17) is 0 Å². The van der Waals surface area contributed by atoms with Gasteiger partial charge >= 0.3 is 0 Å². The van der Waals surface area contributed by atoms with Gasteiger partial charge < -0.3 is 19.7 Å². The number of amides is 3. The van der Waals surface area contributed by atoms with E-state index in [1.165, 1.54) is 12.5 Å². The number of aromatic nitrogens is 1. The van der Waals surface area contributed by atoms with Crippen LogP contribution in [0.5, 0.6) is 0 Å². The van der Waals surface area contributed by atoms with Crippen LogP contribution in [0.1, 0.15) is 28.5 Å². The maximum atomic E-state index is 12.8. The Balaban J connectivity index is 1.55. The van der Waals surface area contributed by atoms with Gasteiger partial charge in [0.25, 0.3) is 5.91 Å². The van der Waals surface area contributed by atoms with E-state index in [1.807, 2.05) is 31.2 Å². The number of aryl methyl sites for hydroxylation is 1. The van der Waals surface area contributed by atoms with Gasteiger partial charge in [-0.3, -0.25) is 14.4 Å². The molecule has 0 radical (unpaired) electrons. The molecule has 2 heterocycles. The van der Waals surface area contributed by atoms with Crippen LogP contribution >= 0.6 is 0 Å².